The summed E-state index contributed by atoms with van der Waals surface area (Å²) >= 11 is 0. The number of benzene rings is 1. The summed E-state index contributed by atoms with van der Waals surface area (Å²) in [7, 11) is 3.14. The van der Waals surface area contributed by atoms with Gasteiger partial charge in [-0.15, -0.1) is 0 Å². The zero-order valence-corrected chi connectivity index (χ0v) is 11.6. The first-order chi connectivity index (χ1) is 8.42. The van der Waals surface area contributed by atoms with E-state index in [1.165, 1.54) is 7.11 Å². The van der Waals surface area contributed by atoms with Crippen molar-refractivity contribution < 1.29 is 14.3 Å². The van der Waals surface area contributed by atoms with Crippen LogP contribution in [-0.2, 0) is 9.53 Å². The smallest absolute Gasteiger partial charge is 0.252 e. The van der Waals surface area contributed by atoms with E-state index in [9.17, 15) is 4.79 Å². The Morgan fingerprint density at radius 3 is 2.44 bits per heavy atom. The van der Waals surface area contributed by atoms with E-state index in [4.69, 9.17) is 9.47 Å². The van der Waals surface area contributed by atoms with Crippen LogP contribution in [0.25, 0.3) is 0 Å². The van der Waals surface area contributed by atoms with Crippen LogP contribution in [0.2, 0.25) is 0 Å². The van der Waals surface area contributed by atoms with Gasteiger partial charge in [-0.05, 0) is 26.8 Å². The molecule has 0 aliphatic carbocycles. The lowest BCUT2D eigenvalue weighted by atomic mass is 10.0. The minimum absolute atomic E-state index is 0.136. The Morgan fingerprint density at radius 1 is 1.28 bits per heavy atom. The van der Waals surface area contributed by atoms with Crippen molar-refractivity contribution in [2.75, 3.05) is 14.2 Å². The molecule has 0 aromatic heterocycles. The van der Waals surface area contributed by atoms with Gasteiger partial charge in [0, 0.05) is 12.7 Å². The van der Waals surface area contributed by atoms with Gasteiger partial charge in [0.15, 0.2) is 0 Å². The maximum atomic E-state index is 12.0. The molecule has 1 rings (SSSR count). The first kappa shape index (κ1) is 14.5. The quantitative estimate of drug-likeness (QED) is 0.873. The average Bonchev–Trinajstić information content (AvgIpc) is 2.38. The maximum absolute atomic E-state index is 12.0. The van der Waals surface area contributed by atoms with Crippen molar-refractivity contribution in [3.05, 3.63) is 29.8 Å². The van der Waals surface area contributed by atoms with Crippen LogP contribution in [0.3, 0.4) is 0 Å². The fraction of sp³-hybridized carbons (Fsp3) is 0.500. The molecule has 4 nitrogen and oxygen atoms in total. The number of carbonyl (C=O) groups is 1. The highest BCUT2D eigenvalue weighted by molar-refractivity contribution is 5.84. The van der Waals surface area contributed by atoms with Crippen molar-refractivity contribution in [2.45, 2.75) is 32.4 Å². The Hall–Kier alpha value is -1.55. The lowest BCUT2D eigenvalue weighted by molar-refractivity contribution is -0.140. The van der Waals surface area contributed by atoms with Gasteiger partial charge in [-0.2, -0.15) is 0 Å². The van der Waals surface area contributed by atoms with Gasteiger partial charge in [0.25, 0.3) is 5.91 Å². The molecule has 1 aromatic carbocycles. The van der Waals surface area contributed by atoms with Gasteiger partial charge in [0.1, 0.15) is 11.4 Å². The topological polar surface area (TPSA) is 47.6 Å². The van der Waals surface area contributed by atoms with Gasteiger partial charge >= 0.3 is 0 Å². The molecule has 1 atom stereocenters. The summed E-state index contributed by atoms with van der Waals surface area (Å²) in [6.45, 7) is 5.38. The minimum Gasteiger partial charge on any atom is -0.496 e. The van der Waals surface area contributed by atoms with Gasteiger partial charge in [0.2, 0.25) is 0 Å². The van der Waals surface area contributed by atoms with Crippen molar-refractivity contribution in [3.63, 3.8) is 0 Å². The van der Waals surface area contributed by atoms with E-state index in [0.29, 0.717) is 0 Å². The van der Waals surface area contributed by atoms with Crippen LogP contribution in [0.5, 0.6) is 5.75 Å². The molecular weight excluding hydrogens is 230 g/mol. The number of carbonyl (C=O) groups excluding carboxylic acids is 1. The Bertz CT molecular complexity index is 415. The summed E-state index contributed by atoms with van der Waals surface area (Å²) in [5.41, 5.74) is 0.108. The van der Waals surface area contributed by atoms with E-state index in [2.05, 4.69) is 5.32 Å². The number of hydrogen-bond acceptors (Lipinski definition) is 3. The van der Waals surface area contributed by atoms with Crippen LogP contribution in [0.1, 0.15) is 32.4 Å². The first-order valence-corrected chi connectivity index (χ1v) is 5.91. The largest absolute Gasteiger partial charge is 0.496 e. The lowest BCUT2D eigenvalue weighted by Gasteiger charge is -2.25. The third-order valence-electron chi connectivity index (χ3n) is 3.01. The number of methoxy groups -OCH3 is 2. The Morgan fingerprint density at radius 2 is 1.89 bits per heavy atom. The number of nitrogens with one attached hydrogen (secondary N) is 1. The van der Waals surface area contributed by atoms with Crippen LogP contribution >= 0.6 is 0 Å². The highest BCUT2D eigenvalue weighted by Crippen LogP contribution is 2.24. The summed E-state index contributed by atoms with van der Waals surface area (Å²) in [5.74, 6) is 0.615. The zero-order chi connectivity index (χ0) is 13.8. The lowest BCUT2D eigenvalue weighted by Crippen LogP contribution is -2.44. The Balaban J connectivity index is 2.83. The molecule has 0 spiro atoms. The number of amides is 1. The average molecular weight is 251 g/mol. The molecule has 0 aliphatic heterocycles. The number of ether oxygens (including phenoxy) is 2. The molecule has 0 saturated carbocycles. The van der Waals surface area contributed by atoms with Crippen LogP contribution in [0.4, 0.5) is 0 Å². The molecule has 0 radical (unpaired) electrons. The van der Waals surface area contributed by atoms with E-state index >= 15 is 0 Å². The monoisotopic (exact) mass is 251 g/mol. The molecule has 1 amide bonds. The molecule has 4 heteroatoms. The molecule has 100 valence electrons. The van der Waals surface area contributed by atoms with Crippen LogP contribution in [-0.4, -0.2) is 25.7 Å². The molecule has 0 fully saturated rings. The summed E-state index contributed by atoms with van der Waals surface area (Å²) in [5, 5.41) is 2.92. The van der Waals surface area contributed by atoms with E-state index in [-0.39, 0.29) is 11.9 Å². The second kappa shape index (κ2) is 5.87. The summed E-state index contributed by atoms with van der Waals surface area (Å²) in [4.78, 5) is 12.0. The van der Waals surface area contributed by atoms with E-state index < -0.39 is 5.60 Å². The van der Waals surface area contributed by atoms with Gasteiger partial charge in [0.05, 0.1) is 13.2 Å². The van der Waals surface area contributed by atoms with Crippen molar-refractivity contribution in [3.8, 4) is 5.75 Å². The summed E-state index contributed by atoms with van der Waals surface area (Å²) < 4.78 is 10.4. The SMILES string of the molecule is COc1ccccc1C(C)NC(=O)C(C)(C)OC. The first-order valence-electron chi connectivity index (χ1n) is 5.91. The predicted molar refractivity (Wildman–Crippen MR) is 70.6 cm³/mol. The molecule has 0 saturated heterocycles. The van der Waals surface area contributed by atoms with Gasteiger partial charge < -0.3 is 14.8 Å². The third-order valence-corrected chi connectivity index (χ3v) is 3.01. The molecule has 0 heterocycles. The highest BCUT2D eigenvalue weighted by atomic mass is 16.5. The second-order valence-corrected chi connectivity index (χ2v) is 4.65. The van der Waals surface area contributed by atoms with Crippen LogP contribution in [0, 0.1) is 0 Å². The number of para-hydroxylation sites is 1. The van der Waals surface area contributed by atoms with Crippen LogP contribution < -0.4 is 10.1 Å². The second-order valence-electron chi connectivity index (χ2n) is 4.65. The van der Waals surface area contributed by atoms with Crippen molar-refractivity contribution >= 4 is 5.91 Å². The third kappa shape index (κ3) is 3.23. The van der Waals surface area contributed by atoms with Crippen molar-refractivity contribution in [2.24, 2.45) is 0 Å². The molecular formula is C14H21NO3. The molecule has 1 unspecified atom stereocenters. The number of rotatable bonds is 5. The normalized spacial score (nSPS) is 12.9. The predicted octanol–water partition coefficient (Wildman–Crippen LogP) is 2.30. The summed E-state index contributed by atoms with van der Waals surface area (Å²) in [6, 6.07) is 7.49. The number of hydrogen-bond donors (Lipinski definition) is 1. The van der Waals surface area contributed by atoms with Crippen molar-refractivity contribution in [1.82, 2.24) is 5.32 Å². The van der Waals surface area contributed by atoms with Crippen molar-refractivity contribution in [1.29, 1.82) is 0 Å². The standard InChI is InChI=1S/C14H21NO3/c1-10(15-13(16)14(2,3)18-5)11-8-6-7-9-12(11)17-4/h6-10H,1-5H3,(H,15,16). The van der Waals surface area contributed by atoms with Gasteiger partial charge in [-0.1, -0.05) is 18.2 Å². The van der Waals surface area contributed by atoms with E-state index in [0.717, 1.165) is 11.3 Å². The maximum Gasteiger partial charge on any atom is 0.252 e. The van der Waals surface area contributed by atoms with E-state index in [1.54, 1.807) is 21.0 Å². The highest BCUT2D eigenvalue weighted by Gasteiger charge is 2.28. The minimum atomic E-state index is -0.837. The van der Waals surface area contributed by atoms with Gasteiger partial charge in [-0.25, -0.2) is 0 Å². The summed E-state index contributed by atoms with van der Waals surface area (Å²) in [6.07, 6.45) is 0. The molecule has 1 N–H and O–H groups in total. The van der Waals surface area contributed by atoms with Crippen LogP contribution in [0.15, 0.2) is 24.3 Å². The molecule has 1 aromatic rings. The molecule has 18 heavy (non-hydrogen) atoms. The fourth-order valence-corrected chi connectivity index (χ4v) is 1.57. The Labute approximate surface area is 108 Å². The molecule has 0 bridgehead atoms. The fourth-order valence-electron chi connectivity index (χ4n) is 1.57. The van der Waals surface area contributed by atoms with E-state index in [1.807, 2.05) is 31.2 Å². The van der Waals surface area contributed by atoms with Gasteiger partial charge in [-0.3, -0.25) is 4.79 Å². The Kier molecular flexibility index (Phi) is 4.73. The molecule has 0 aliphatic rings. The zero-order valence-electron chi connectivity index (χ0n) is 11.6.